The molecule has 1 aliphatic rings. The smallest absolute Gasteiger partial charge is 0.337 e. The number of amides is 1. The topological polar surface area (TPSA) is 60.3 Å². The fourth-order valence-electron chi connectivity index (χ4n) is 4.43. The van der Waals surface area contributed by atoms with Gasteiger partial charge in [0.15, 0.2) is 0 Å². The Hall–Kier alpha value is -3.86. The van der Waals surface area contributed by atoms with Gasteiger partial charge >= 0.3 is 5.97 Å². The molecule has 0 radical (unpaired) electrons. The second-order valence-electron chi connectivity index (χ2n) is 7.82. The second-order valence-corrected chi connectivity index (χ2v) is 7.82. The molecule has 0 saturated carbocycles. The summed E-state index contributed by atoms with van der Waals surface area (Å²) in [7, 11) is 1.37. The van der Waals surface area contributed by atoms with Gasteiger partial charge in [-0.25, -0.2) is 4.79 Å². The molecule has 154 valence electrons. The highest BCUT2D eigenvalue weighted by atomic mass is 16.5. The number of ether oxygens (including phenoxy) is 1. The van der Waals surface area contributed by atoms with Gasteiger partial charge in [0.25, 0.3) is 0 Å². The molecule has 0 aliphatic carbocycles. The molecule has 1 unspecified atom stereocenters. The zero-order valence-electron chi connectivity index (χ0n) is 17.2. The minimum absolute atomic E-state index is 0.0136. The van der Waals surface area contributed by atoms with E-state index in [0.29, 0.717) is 12.0 Å². The third kappa shape index (κ3) is 3.48. The van der Waals surface area contributed by atoms with Gasteiger partial charge in [-0.15, -0.1) is 0 Å². The van der Waals surface area contributed by atoms with Crippen LogP contribution in [0.1, 0.15) is 39.4 Å². The lowest BCUT2D eigenvalue weighted by atomic mass is 9.88. The van der Waals surface area contributed by atoms with Gasteiger partial charge in [-0.2, -0.15) is 0 Å². The van der Waals surface area contributed by atoms with Crippen LogP contribution in [0.15, 0.2) is 79.0 Å². The summed E-state index contributed by atoms with van der Waals surface area (Å²) in [5.74, 6) is -0.484. The molecule has 5 heteroatoms. The normalized spacial score (nSPS) is 15.4. The maximum absolute atomic E-state index is 12.7. The molecule has 1 N–H and O–H groups in total. The quantitative estimate of drug-likeness (QED) is 0.484. The Bertz CT molecular complexity index is 1270. The summed E-state index contributed by atoms with van der Waals surface area (Å²) in [6.45, 7) is 0.753. The van der Waals surface area contributed by atoms with Crippen molar-refractivity contribution in [2.45, 2.75) is 18.9 Å². The lowest BCUT2D eigenvalue weighted by Crippen LogP contribution is -2.14. The Morgan fingerprint density at radius 3 is 2.55 bits per heavy atom. The van der Waals surface area contributed by atoms with Crippen molar-refractivity contribution in [1.29, 1.82) is 0 Å². The molecule has 0 saturated heterocycles. The Kier molecular flexibility index (Phi) is 4.79. The lowest BCUT2D eigenvalue weighted by Gasteiger charge is -2.15. The minimum atomic E-state index is -0.369. The van der Waals surface area contributed by atoms with Crippen LogP contribution in [0.5, 0.6) is 0 Å². The number of aromatic nitrogens is 1. The third-order valence-corrected chi connectivity index (χ3v) is 5.90. The number of hydrogen-bond acceptors (Lipinski definition) is 3. The van der Waals surface area contributed by atoms with Crippen molar-refractivity contribution < 1.29 is 14.3 Å². The summed E-state index contributed by atoms with van der Waals surface area (Å²) in [6.07, 6.45) is 2.51. The average Bonchev–Trinajstić information content (AvgIpc) is 3.09. The molecule has 31 heavy (non-hydrogen) atoms. The van der Waals surface area contributed by atoms with E-state index in [2.05, 4.69) is 34.3 Å². The second kappa shape index (κ2) is 7.76. The first-order chi connectivity index (χ1) is 15.1. The van der Waals surface area contributed by atoms with E-state index >= 15 is 0 Å². The van der Waals surface area contributed by atoms with Crippen LogP contribution >= 0.6 is 0 Å². The fourth-order valence-corrected chi connectivity index (χ4v) is 4.43. The molecule has 4 aromatic rings. The Labute approximate surface area is 180 Å². The third-order valence-electron chi connectivity index (χ3n) is 5.90. The number of hydrogen-bond donors (Lipinski definition) is 1. The van der Waals surface area contributed by atoms with Gasteiger partial charge < -0.3 is 14.6 Å². The minimum Gasteiger partial charge on any atom is -0.465 e. The molecule has 3 aromatic carbocycles. The molecule has 1 amide bonds. The molecule has 5 rings (SSSR count). The number of carbonyl (C=O) groups is 2. The molecule has 0 spiro atoms. The summed E-state index contributed by atoms with van der Waals surface area (Å²) < 4.78 is 7.05. The lowest BCUT2D eigenvalue weighted by molar-refractivity contribution is -0.116. The molecule has 2 heterocycles. The van der Waals surface area contributed by atoms with Crippen LogP contribution in [-0.2, 0) is 16.1 Å². The molecule has 1 aromatic heterocycles. The van der Waals surface area contributed by atoms with Crippen LogP contribution in [-0.4, -0.2) is 23.6 Å². The van der Waals surface area contributed by atoms with Crippen molar-refractivity contribution >= 4 is 28.5 Å². The van der Waals surface area contributed by atoms with E-state index < -0.39 is 0 Å². The number of benzene rings is 3. The Morgan fingerprint density at radius 2 is 1.81 bits per heavy atom. The summed E-state index contributed by atoms with van der Waals surface area (Å²) in [6, 6.07) is 23.7. The number of carbonyl (C=O) groups excluding carboxylic acids is 2. The van der Waals surface area contributed by atoms with Crippen LogP contribution < -0.4 is 5.32 Å². The average molecular weight is 410 g/mol. The van der Waals surface area contributed by atoms with Crippen LogP contribution in [0.2, 0.25) is 0 Å². The van der Waals surface area contributed by atoms with E-state index in [1.165, 1.54) is 12.7 Å². The van der Waals surface area contributed by atoms with Gasteiger partial charge in [0.1, 0.15) is 0 Å². The van der Waals surface area contributed by atoms with Crippen molar-refractivity contribution in [2.75, 3.05) is 12.4 Å². The highest BCUT2D eigenvalue weighted by Gasteiger charge is 2.28. The SMILES string of the molecule is COC(=O)c1ccc(C2CC(=O)Nc3cccc4c3c2cn4Cc2ccccc2)cc1. The maximum Gasteiger partial charge on any atom is 0.337 e. The monoisotopic (exact) mass is 410 g/mol. The van der Waals surface area contributed by atoms with E-state index in [1.54, 1.807) is 12.1 Å². The van der Waals surface area contributed by atoms with E-state index in [4.69, 9.17) is 4.74 Å². The van der Waals surface area contributed by atoms with Crippen molar-refractivity contribution in [3.63, 3.8) is 0 Å². The molecule has 1 atom stereocenters. The largest absolute Gasteiger partial charge is 0.465 e. The van der Waals surface area contributed by atoms with Crippen LogP contribution in [0.4, 0.5) is 5.69 Å². The number of rotatable bonds is 4. The zero-order chi connectivity index (χ0) is 21.4. The molecular formula is C26H22N2O3. The van der Waals surface area contributed by atoms with Crippen molar-refractivity contribution in [3.8, 4) is 0 Å². The highest BCUT2D eigenvalue weighted by Crippen LogP contribution is 2.41. The summed E-state index contributed by atoms with van der Waals surface area (Å²) in [4.78, 5) is 24.5. The summed E-state index contributed by atoms with van der Waals surface area (Å²) in [5, 5.41) is 4.15. The number of methoxy groups -OCH3 is 1. The summed E-state index contributed by atoms with van der Waals surface area (Å²) >= 11 is 0. The van der Waals surface area contributed by atoms with Crippen LogP contribution in [0, 0.1) is 0 Å². The van der Waals surface area contributed by atoms with Gasteiger partial charge in [0, 0.05) is 30.5 Å². The predicted molar refractivity (Wildman–Crippen MR) is 120 cm³/mol. The molecule has 1 aliphatic heterocycles. The standard InChI is InChI=1S/C26H22N2O3/c1-31-26(30)19-12-10-18(11-13-19)20-14-24(29)27-22-8-5-9-23-25(22)21(20)16-28(23)15-17-6-3-2-4-7-17/h2-13,16,20H,14-15H2,1H3,(H,27,29). The van der Waals surface area contributed by atoms with Crippen molar-refractivity contribution in [3.05, 3.63) is 101 Å². The Morgan fingerprint density at radius 1 is 1.03 bits per heavy atom. The van der Waals surface area contributed by atoms with E-state index in [1.807, 2.05) is 42.5 Å². The first kappa shape index (κ1) is 19.1. The Balaban J connectivity index is 1.63. The molecular weight excluding hydrogens is 388 g/mol. The fraction of sp³-hybridized carbons (Fsp3) is 0.154. The number of nitrogens with zero attached hydrogens (tertiary/aromatic N) is 1. The summed E-state index contributed by atoms with van der Waals surface area (Å²) in [5.41, 5.74) is 5.77. The van der Waals surface area contributed by atoms with E-state index in [9.17, 15) is 9.59 Å². The van der Waals surface area contributed by atoms with E-state index in [0.717, 1.165) is 34.3 Å². The first-order valence-electron chi connectivity index (χ1n) is 10.3. The zero-order valence-corrected chi connectivity index (χ0v) is 17.2. The maximum atomic E-state index is 12.7. The van der Waals surface area contributed by atoms with E-state index in [-0.39, 0.29) is 17.8 Å². The highest BCUT2D eigenvalue weighted by molar-refractivity contribution is 6.06. The van der Waals surface area contributed by atoms with Crippen LogP contribution in [0.25, 0.3) is 10.9 Å². The molecule has 5 nitrogen and oxygen atoms in total. The van der Waals surface area contributed by atoms with Gasteiger partial charge in [0.05, 0.1) is 23.9 Å². The van der Waals surface area contributed by atoms with Gasteiger partial charge in [0.2, 0.25) is 5.91 Å². The molecule has 0 bridgehead atoms. The molecule has 0 fully saturated rings. The first-order valence-corrected chi connectivity index (χ1v) is 10.3. The number of esters is 1. The predicted octanol–water partition coefficient (Wildman–Crippen LogP) is 4.95. The van der Waals surface area contributed by atoms with Crippen molar-refractivity contribution in [2.24, 2.45) is 0 Å². The van der Waals surface area contributed by atoms with Gasteiger partial charge in [-0.1, -0.05) is 48.5 Å². The van der Waals surface area contributed by atoms with Crippen LogP contribution in [0.3, 0.4) is 0 Å². The number of anilines is 1. The van der Waals surface area contributed by atoms with Gasteiger partial charge in [-0.3, -0.25) is 4.79 Å². The van der Waals surface area contributed by atoms with Crippen molar-refractivity contribution in [1.82, 2.24) is 4.57 Å². The number of nitrogens with one attached hydrogen (secondary N) is 1. The van der Waals surface area contributed by atoms with Gasteiger partial charge in [-0.05, 0) is 41.0 Å².